The maximum Gasteiger partial charge on any atom is 0.194 e. The molecule has 0 spiro atoms. The minimum atomic E-state index is 0. The predicted octanol–water partition coefficient (Wildman–Crippen LogP) is 2.43. The number of rotatable bonds is 2. The van der Waals surface area contributed by atoms with E-state index in [9.17, 15) is 0 Å². The summed E-state index contributed by atoms with van der Waals surface area (Å²) < 4.78 is 4.83. The number of aliphatic imine (C=N–C) groups is 1. The second-order valence-electron chi connectivity index (χ2n) is 4.83. The number of guanidine groups is 1. The molecule has 0 unspecified atom stereocenters. The smallest absolute Gasteiger partial charge is 0.194 e. The molecule has 0 amide bonds. The van der Waals surface area contributed by atoms with Gasteiger partial charge in [-0.15, -0.1) is 24.0 Å². The maximum absolute atomic E-state index is 4.83. The molecule has 1 aliphatic rings. The van der Waals surface area contributed by atoms with Crippen LogP contribution in [-0.4, -0.2) is 29.6 Å². The molecule has 1 N–H and O–H groups in total. The van der Waals surface area contributed by atoms with Gasteiger partial charge >= 0.3 is 0 Å². The Hall–Kier alpha value is -1.57. The molecule has 3 rings (SSSR count). The van der Waals surface area contributed by atoms with Gasteiger partial charge in [-0.1, -0.05) is 29.4 Å². The Morgan fingerprint density at radius 3 is 2.86 bits per heavy atom. The molecule has 0 fully saturated rings. The van der Waals surface area contributed by atoms with E-state index in [1.807, 2.05) is 13.1 Å². The Morgan fingerprint density at radius 1 is 1.33 bits per heavy atom. The molecule has 6 heteroatoms. The van der Waals surface area contributed by atoms with Gasteiger partial charge in [0.15, 0.2) is 5.96 Å². The van der Waals surface area contributed by atoms with Gasteiger partial charge in [0.1, 0.15) is 12.0 Å². The first-order chi connectivity index (χ1) is 9.86. The van der Waals surface area contributed by atoms with Gasteiger partial charge in [0, 0.05) is 26.2 Å². The van der Waals surface area contributed by atoms with Crippen molar-refractivity contribution in [2.45, 2.75) is 19.5 Å². The van der Waals surface area contributed by atoms with E-state index in [2.05, 4.69) is 44.6 Å². The van der Waals surface area contributed by atoms with E-state index < -0.39 is 0 Å². The molecule has 1 aromatic heterocycles. The maximum atomic E-state index is 4.83. The molecule has 2 aromatic rings. The number of aromatic nitrogens is 1. The molecule has 0 aliphatic carbocycles. The van der Waals surface area contributed by atoms with E-state index >= 15 is 0 Å². The summed E-state index contributed by atoms with van der Waals surface area (Å²) in [6.45, 7) is 2.51. The Bertz CT molecular complexity index is 597. The Morgan fingerprint density at radius 2 is 2.14 bits per heavy atom. The van der Waals surface area contributed by atoms with Crippen LogP contribution in [0.5, 0.6) is 0 Å². The summed E-state index contributed by atoms with van der Waals surface area (Å²) in [6, 6.07) is 10.4. The van der Waals surface area contributed by atoms with E-state index in [1.165, 1.54) is 11.1 Å². The monoisotopic (exact) mass is 398 g/mol. The Balaban J connectivity index is 0.00000161. The normalized spacial score (nSPS) is 14.3. The first kappa shape index (κ1) is 15.8. The Kier molecular flexibility index (Phi) is 5.60. The van der Waals surface area contributed by atoms with Crippen molar-refractivity contribution < 1.29 is 4.52 Å². The van der Waals surface area contributed by atoms with Crippen molar-refractivity contribution in [1.82, 2.24) is 15.4 Å². The van der Waals surface area contributed by atoms with E-state index in [1.54, 1.807) is 6.26 Å². The van der Waals surface area contributed by atoms with Crippen LogP contribution in [-0.2, 0) is 19.5 Å². The number of hydrogen-bond acceptors (Lipinski definition) is 3. The zero-order valence-electron chi connectivity index (χ0n) is 12.0. The molecule has 1 aromatic carbocycles. The van der Waals surface area contributed by atoms with Crippen LogP contribution in [0.15, 0.2) is 46.1 Å². The number of fused-ring (bicyclic) bond motifs is 1. The number of nitrogens with zero attached hydrogens (tertiary/aromatic N) is 3. The number of halogens is 1. The molecule has 0 bridgehead atoms. The molecule has 0 saturated heterocycles. The minimum Gasteiger partial charge on any atom is -0.364 e. The summed E-state index contributed by atoms with van der Waals surface area (Å²) in [4.78, 5) is 6.62. The van der Waals surface area contributed by atoms with Crippen LogP contribution >= 0.6 is 24.0 Å². The first-order valence-corrected chi connectivity index (χ1v) is 6.78. The largest absolute Gasteiger partial charge is 0.364 e. The number of hydrogen-bond donors (Lipinski definition) is 1. The first-order valence-electron chi connectivity index (χ1n) is 6.78. The van der Waals surface area contributed by atoms with Gasteiger partial charge in [-0.2, -0.15) is 0 Å². The minimum absolute atomic E-state index is 0. The molecule has 2 heterocycles. The second-order valence-corrected chi connectivity index (χ2v) is 4.83. The summed E-state index contributed by atoms with van der Waals surface area (Å²) in [5.41, 5.74) is 3.70. The third-order valence-electron chi connectivity index (χ3n) is 3.56. The van der Waals surface area contributed by atoms with Crippen LogP contribution < -0.4 is 5.32 Å². The molecular formula is C15H19IN4O. The average Bonchev–Trinajstić information content (AvgIpc) is 3.01. The van der Waals surface area contributed by atoms with Crippen LogP contribution in [0.4, 0.5) is 0 Å². The van der Waals surface area contributed by atoms with Crippen molar-refractivity contribution in [3.8, 4) is 0 Å². The van der Waals surface area contributed by atoms with Crippen molar-refractivity contribution in [1.29, 1.82) is 0 Å². The summed E-state index contributed by atoms with van der Waals surface area (Å²) in [7, 11) is 1.81. The molecule has 5 nitrogen and oxygen atoms in total. The average molecular weight is 398 g/mol. The fourth-order valence-corrected chi connectivity index (χ4v) is 2.51. The van der Waals surface area contributed by atoms with Crippen molar-refractivity contribution in [2.75, 3.05) is 13.6 Å². The van der Waals surface area contributed by atoms with Gasteiger partial charge in [-0.25, -0.2) is 0 Å². The Labute approximate surface area is 141 Å². The molecule has 21 heavy (non-hydrogen) atoms. The zero-order chi connectivity index (χ0) is 13.8. The van der Waals surface area contributed by atoms with Gasteiger partial charge in [0.2, 0.25) is 0 Å². The number of benzene rings is 1. The molecule has 0 atom stereocenters. The van der Waals surface area contributed by atoms with E-state index in [0.717, 1.165) is 31.2 Å². The van der Waals surface area contributed by atoms with Crippen molar-refractivity contribution in [3.05, 3.63) is 53.4 Å². The number of nitrogens with one attached hydrogen (secondary N) is 1. The van der Waals surface area contributed by atoms with E-state index in [4.69, 9.17) is 4.52 Å². The van der Waals surface area contributed by atoms with Crippen molar-refractivity contribution in [2.24, 2.45) is 4.99 Å². The lowest BCUT2D eigenvalue weighted by molar-refractivity contribution is 0.376. The standard InChI is InChI=1S/C15H18N4O.HI/c1-16-15(17-10-14-7-9-20-18-14)19-8-6-12-4-2-3-5-13(12)11-19;/h2-5,7,9H,6,8,10-11H2,1H3,(H,16,17);1H. The lowest BCUT2D eigenvalue weighted by atomic mass is 10.0. The SMILES string of the molecule is CN=C(NCc1ccon1)N1CCc2ccccc2C1.I. The molecule has 0 radical (unpaired) electrons. The highest BCUT2D eigenvalue weighted by atomic mass is 127. The van der Waals surface area contributed by atoms with Gasteiger partial charge in [-0.05, 0) is 17.5 Å². The predicted molar refractivity (Wildman–Crippen MR) is 92.7 cm³/mol. The third-order valence-corrected chi connectivity index (χ3v) is 3.56. The molecular weight excluding hydrogens is 379 g/mol. The van der Waals surface area contributed by atoms with Gasteiger partial charge < -0.3 is 14.7 Å². The van der Waals surface area contributed by atoms with E-state index in [0.29, 0.717) is 6.54 Å². The molecule has 0 saturated carbocycles. The van der Waals surface area contributed by atoms with Crippen LogP contribution in [0, 0.1) is 0 Å². The summed E-state index contributed by atoms with van der Waals surface area (Å²) in [5.74, 6) is 0.905. The van der Waals surface area contributed by atoms with Gasteiger partial charge in [0.25, 0.3) is 0 Å². The summed E-state index contributed by atoms with van der Waals surface area (Å²) >= 11 is 0. The summed E-state index contributed by atoms with van der Waals surface area (Å²) in [6.07, 6.45) is 2.64. The van der Waals surface area contributed by atoms with Crippen LogP contribution in [0.3, 0.4) is 0 Å². The van der Waals surface area contributed by atoms with Crippen LogP contribution in [0.2, 0.25) is 0 Å². The van der Waals surface area contributed by atoms with Crippen molar-refractivity contribution in [3.63, 3.8) is 0 Å². The zero-order valence-corrected chi connectivity index (χ0v) is 14.3. The lowest BCUT2D eigenvalue weighted by Gasteiger charge is -2.31. The lowest BCUT2D eigenvalue weighted by Crippen LogP contribution is -2.43. The highest BCUT2D eigenvalue weighted by molar-refractivity contribution is 14.0. The topological polar surface area (TPSA) is 53.7 Å². The van der Waals surface area contributed by atoms with Crippen LogP contribution in [0.25, 0.3) is 0 Å². The third kappa shape index (κ3) is 3.75. The van der Waals surface area contributed by atoms with Gasteiger partial charge in [0.05, 0.1) is 6.54 Å². The fraction of sp³-hybridized carbons (Fsp3) is 0.333. The van der Waals surface area contributed by atoms with Crippen molar-refractivity contribution >= 4 is 29.9 Å². The molecule has 112 valence electrons. The van der Waals surface area contributed by atoms with Crippen LogP contribution in [0.1, 0.15) is 16.8 Å². The summed E-state index contributed by atoms with van der Waals surface area (Å²) in [5, 5.41) is 7.22. The fourth-order valence-electron chi connectivity index (χ4n) is 2.51. The van der Waals surface area contributed by atoms with Gasteiger partial charge in [-0.3, -0.25) is 4.99 Å². The quantitative estimate of drug-likeness (QED) is 0.480. The molecule has 1 aliphatic heterocycles. The van der Waals surface area contributed by atoms with E-state index in [-0.39, 0.29) is 24.0 Å². The highest BCUT2D eigenvalue weighted by Gasteiger charge is 2.18. The second kappa shape index (κ2) is 7.44. The highest BCUT2D eigenvalue weighted by Crippen LogP contribution is 2.18.